The Morgan fingerprint density at radius 3 is 1.60 bits per heavy atom. The zero-order valence-corrected chi connectivity index (χ0v) is 19.3. The third-order valence-corrected chi connectivity index (χ3v) is 4.31. The Bertz CT molecular complexity index is 636. The summed E-state index contributed by atoms with van der Waals surface area (Å²) in [6, 6.07) is 0. The van der Waals surface area contributed by atoms with Crippen molar-refractivity contribution in [2.24, 2.45) is 16.2 Å². The zero-order chi connectivity index (χ0) is 23.7. The number of hydrogen-bond donors (Lipinski definition) is 2. The first-order valence-electron chi connectivity index (χ1n) is 9.96. The van der Waals surface area contributed by atoms with Crippen LogP contribution in [0, 0.1) is 16.2 Å². The van der Waals surface area contributed by atoms with Crippen molar-refractivity contribution in [2.45, 2.75) is 93.0 Å². The summed E-state index contributed by atoms with van der Waals surface area (Å²) in [5.41, 5.74) is -2.55. The van der Waals surface area contributed by atoms with Gasteiger partial charge in [-0.05, 0) is 62.3 Å². The number of rotatable bonds is 5. The van der Waals surface area contributed by atoms with E-state index >= 15 is 0 Å². The molecule has 0 aromatic rings. The van der Waals surface area contributed by atoms with Crippen LogP contribution in [0.1, 0.15) is 62.3 Å². The molecule has 9 heteroatoms. The van der Waals surface area contributed by atoms with Gasteiger partial charge in [0.15, 0.2) is 18.5 Å². The second-order valence-corrected chi connectivity index (χ2v) is 10.6. The first-order chi connectivity index (χ1) is 13.4. The molecule has 5 atom stereocenters. The van der Waals surface area contributed by atoms with Crippen molar-refractivity contribution in [3.63, 3.8) is 0 Å². The fourth-order valence-corrected chi connectivity index (χ4v) is 2.31. The largest absolute Gasteiger partial charge is 0.462 e. The lowest BCUT2D eigenvalue weighted by atomic mass is 9.96. The van der Waals surface area contributed by atoms with Gasteiger partial charge in [0, 0.05) is 0 Å². The Kier molecular flexibility index (Phi) is 8.07. The fraction of sp³-hybridized carbons (Fsp3) is 0.857. The van der Waals surface area contributed by atoms with E-state index < -0.39 is 71.5 Å². The molecule has 0 saturated carbocycles. The average Bonchev–Trinajstić information content (AvgIpc) is 2.86. The van der Waals surface area contributed by atoms with E-state index in [0.29, 0.717) is 0 Å². The van der Waals surface area contributed by atoms with E-state index in [1.54, 1.807) is 62.3 Å². The number of carbonyl (C=O) groups is 3. The number of esters is 3. The summed E-state index contributed by atoms with van der Waals surface area (Å²) < 4.78 is 21.3. The highest BCUT2D eigenvalue weighted by atomic mass is 16.7. The number of hydrogen-bond acceptors (Lipinski definition) is 9. The maximum atomic E-state index is 12.5. The topological polar surface area (TPSA) is 129 Å². The second kappa shape index (κ2) is 9.20. The van der Waals surface area contributed by atoms with Crippen LogP contribution < -0.4 is 0 Å². The number of aliphatic hydroxyl groups is 2. The van der Waals surface area contributed by atoms with Crippen LogP contribution in [0.15, 0.2) is 0 Å². The van der Waals surface area contributed by atoms with Gasteiger partial charge in [0.05, 0.1) is 16.2 Å². The minimum Gasteiger partial charge on any atom is -0.462 e. The second-order valence-electron chi connectivity index (χ2n) is 10.6. The predicted octanol–water partition coefficient (Wildman–Crippen LogP) is 1.57. The van der Waals surface area contributed by atoms with E-state index in [-0.39, 0.29) is 0 Å². The van der Waals surface area contributed by atoms with E-state index in [4.69, 9.17) is 18.9 Å². The highest BCUT2D eigenvalue weighted by Crippen LogP contribution is 2.32. The van der Waals surface area contributed by atoms with Gasteiger partial charge in [-0.2, -0.15) is 0 Å². The predicted molar refractivity (Wildman–Crippen MR) is 106 cm³/mol. The molecule has 0 aromatic heterocycles. The molecule has 0 spiro atoms. The fourth-order valence-electron chi connectivity index (χ4n) is 2.31. The van der Waals surface area contributed by atoms with E-state index in [9.17, 15) is 24.6 Å². The molecule has 2 N–H and O–H groups in total. The van der Waals surface area contributed by atoms with Gasteiger partial charge in [0.25, 0.3) is 0 Å². The van der Waals surface area contributed by atoms with Gasteiger partial charge in [-0.1, -0.05) is 0 Å². The van der Waals surface area contributed by atoms with Crippen LogP contribution in [0.2, 0.25) is 0 Å². The molecular formula is C21H36O9. The first-order valence-corrected chi connectivity index (χ1v) is 9.96. The zero-order valence-electron chi connectivity index (χ0n) is 19.3. The third-order valence-electron chi connectivity index (χ3n) is 4.31. The third kappa shape index (κ3) is 6.92. The lowest BCUT2D eigenvalue weighted by Crippen LogP contribution is -2.48. The van der Waals surface area contributed by atoms with Crippen LogP contribution in [-0.2, 0) is 33.3 Å². The Labute approximate surface area is 178 Å². The molecule has 1 aliphatic heterocycles. The number of ether oxygens (including phenoxy) is 4. The van der Waals surface area contributed by atoms with E-state index in [2.05, 4.69) is 0 Å². The van der Waals surface area contributed by atoms with Crippen LogP contribution in [-0.4, -0.2) is 65.4 Å². The maximum Gasteiger partial charge on any atom is 0.311 e. The van der Waals surface area contributed by atoms with Gasteiger partial charge >= 0.3 is 17.9 Å². The molecule has 174 valence electrons. The summed E-state index contributed by atoms with van der Waals surface area (Å²) in [6.45, 7) is 14.3. The lowest BCUT2D eigenvalue weighted by Gasteiger charge is -2.30. The Morgan fingerprint density at radius 2 is 1.20 bits per heavy atom. The highest BCUT2D eigenvalue weighted by molar-refractivity contribution is 5.77. The molecule has 1 rings (SSSR count). The maximum absolute atomic E-state index is 12.5. The summed E-state index contributed by atoms with van der Waals surface area (Å²) in [5, 5.41) is 20.8. The molecule has 1 aliphatic rings. The van der Waals surface area contributed by atoms with Gasteiger partial charge in [-0.15, -0.1) is 0 Å². The average molecular weight is 433 g/mol. The molecule has 0 aromatic carbocycles. The van der Waals surface area contributed by atoms with Gasteiger partial charge in [-0.25, -0.2) is 0 Å². The Hall–Kier alpha value is -1.71. The van der Waals surface area contributed by atoms with Crippen molar-refractivity contribution in [3.8, 4) is 0 Å². The minimum absolute atomic E-state index is 0.447. The summed E-state index contributed by atoms with van der Waals surface area (Å²) in [5.74, 6) is -1.81. The first kappa shape index (κ1) is 26.3. The van der Waals surface area contributed by atoms with Gasteiger partial charge in [0.1, 0.15) is 18.8 Å². The Balaban J connectivity index is 3.06. The summed E-state index contributed by atoms with van der Waals surface area (Å²) >= 11 is 0. The van der Waals surface area contributed by atoms with E-state index in [0.717, 1.165) is 0 Å². The van der Waals surface area contributed by atoms with Crippen molar-refractivity contribution < 1.29 is 43.5 Å². The van der Waals surface area contributed by atoms with Gasteiger partial charge in [-0.3, -0.25) is 14.4 Å². The van der Waals surface area contributed by atoms with Crippen molar-refractivity contribution in [3.05, 3.63) is 0 Å². The SMILES string of the molecule is CC(C)(C)C(=O)OC[C@H](O)[C@@H]1O[C@H](O)[C@H](OC(=O)C(C)(C)C)[C@H]1OC(=O)C(C)(C)C. The summed E-state index contributed by atoms with van der Waals surface area (Å²) in [4.78, 5) is 36.8. The van der Waals surface area contributed by atoms with Gasteiger partial charge < -0.3 is 29.2 Å². The van der Waals surface area contributed by atoms with Crippen molar-refractivity contribution in [1.82, 2.24) is 0 Å². The summed E-state index contributed by atoms with van der Waals surface area (Å²) in [7, 11) is 0. The molecule has 1 saturated heterocycles. The molecule has 0 radical (unpaired) electrons. The highest BCUT2D eigenvalue weighted by Gasteiger charge is 2.53. The monoisotopic (exact) mass is 432 g/mol. The molecule has 0 amide bonds. The molecule has 0 bridgehead atoms. The van der Waals surface area contributed by atoms with Crippen LogP contribution in [0.5, 0.6) is 0 Å². The quantitative estimate of drug-likeness (QED) is 0.491. The molecule has 1 heterocycles. The van der Waals surface area contributed by atoms with E-state index in [1.165, 1.54) is 0 Å². The van der Waals surface area contributed by atoms with Crippen LogP contribution in [0.25, 0.3) is 0 Å². The van der Waals surface area contributed by atoms with Crippen molar-refractivity contribution in [2.75, 3.05) is 6.61 Å². The van der Waals surface area contributed by atoms with Crippen LogP contribution >= 0.6 is 0 Å². The molecule has 30 heavy (non-hydrogen) atoms. The van der Waals surface area contributed by atoms with Gasteiger partial charge in [0.2, 0.25) is 0 Å². The van der Waals surface area contributed by atoms with E-state index in [1.807, 2.05) is 0 Å². The van der Waals surface area contributed by atoms with Crippen LogP contribution in [0.3, 0.4) is 0 Å². The number of aliphatic hydroxyl groups excluding tert-OH is 2. The lowest BCUT2D eigenvalue weighted by molar-refractivity contribution is -0.186. The Morgan fingerprint density at radius 1 is 0.800 bits per heavy atom. The molecule has 0 unspecified atom stereocenters. The standard InChI is InChI=1S/C21H36O9/c1-19(2,3)16(24)27-10-11(22)12-13(29-17(25)20(4,5)6)14(15(23)28-12)30-18(26)21(7,8)9/h11-15,22-23H,10H2,1-9H3/t11-,12-,13-,14+,15-/m0/s1. The summed E-state index contributed by atoms with van der Waals surface area (Å²) in [6.07, 6.45) is -6.96. The van der Waals surface area contributed by atoms with Crippen LogP contribution in [0.4, 0.5) is 0 Å². The smallest absolute Gasteiger partial charge is 0.311 e. The number of carbonyl (C=O) groups excluding carboxylic acids is 3. The van der Waals surface area contributed by atoms with Crippen molar-refractivity contribution in [1.29, 1.82) is 0 Å². The minimum atomic E-state index is -1.63. The molecule has 9 nitrogen and oxygen atoms in total. The molecule has 0 aliphatic carbocycles. The molecular weight excluding hydrogens is 396 g/mol. The molecule has 1 fully saturated rings. The van der Waals surface area contributed by atoms with Crippen molar-refractivity contribution >= 4 is 17.9 Å². The normalized spacial score (nSPS) is 26.1.